The smallest absolute Gasteiger partial charge is 0.252 e. The van der Waals surface area contributed by atoms with E-state index in [4.69, 9.17) is 4.74 Å². The second-order valence-electron chi connectivity index (χ2n) is 8.15. The quantitative estimate of drug-likeness (QED) is 0.372. The van der Waals surface area contributed by atoms with Gasteiger partial charge in [0.25, 0.3) is 5.91 Å². The van der Waals surface area contributed by atoms with Crippen LogP contribution >= 0.6 is 0 Å². The summed E-state index contributed by atoms with van der Waals surface area (Å²) in [5.74, 6) is 0.547. The Morgan fingerprint density at radius 1 is 1.06 bits per heavy atom. The molecule has 0 unspecified atom stereocenters. The molecule has 3 N–H and O–H groups in total. The summed E-state index contributed by atoms with van der Waals surface area (Å²) in [5, 5.41) is 8.16. The molecule has 0 aromatic heterocycles. The van der Waals surface area contributed by atoms with Crippen LogP contribution in [0.4, 0.5) is 0 Å². The third-order valence-electron chi connectivity index (χ3n) is 5.95. The van der Waals surface area contributed by atoms with Crippen LogP contribution in [0.25, 0.3) is 11.1 Å². The average molecular weight is 438 g/mol. The minimum atomic E-state index is -0.295. The van der Waals surface area contributed by atoms with Crippen LogP contribution in [-0.4, -0.2) is 38.5 Å². The van der Waals surface area contributed by atoms with Crippen LogP contribution in [0.1, 0.15) is 42.5 Å². The highest BCUT2D eigenvalue weighted by atomic mass is 16.5. The van der Waals surface area contributed by atoms with Gasteiger partial charge in [-0.1, -0.05) is 49.9 Å². The second kappa shape index (κ2) is 11.9. The van der Waals surface area contributed by atoms with Crippen LogP contribution in [0.15, 0.2) is 48.5 Å². The molecule has 32 heavy (non-hydrogen) atoms. The minimum Gasteiger partial charge on any atom is -0.497 e. The van der Waals surface area contributed by atoms with Crippen LogP contribution < -0.4 is 20.7 Å². The Bertz CT molecular complexity index is 925. The van der Waals surface area contributed by atoms with Crippen molar-refractivity contribution < 1.29 is 19.1 Å². The fraction of sp³-hybridized carbons (Fsp3) is 0.400. The number of ether oxygens (including phenoxy) is 1. The Kier molecular flexibility index (Phi) is 8.66. The van der Waals surface area contributed by atoms with Crippen LogP contribution in [0.3, 0.4) is 0 Å². The van der Waals surface area contributed by atoms with Crippen LogP contribution in [0, 0.1) is 11.8 Å². The zero-order valence-corrected chi connectivity index (χ0v) is 18.4. The Morgan fingerprint density at radius 3 is 2.50 bits per heavy atom. The molecule has 0 aliphatic heterocycles. The molecule has 1 aliphatic rings. The molecule has 1 fully saturated rings. The molecular formula is C25H31N3O4. The Labute approximate surface area is 188 Å². The highest BCUT2D eigenvalue weighted by Gasteiger charge is 2.25. The zero-order valence-electron chi connectivity index (χ0n) is 18.4. The van der Waals surface area contributed by atoms with Crippen LogP contribution in [0.5, 0.6) is 5.75 Å². The maximum absolute atomic E-state index is 12.6. The molecule has 0 radical (unpaired) electrons. The molecule has 7 nitrogen and oxygen atoms in total. The van der Waals surface area contributed by atoms with E-state index < -0.39 is 0 Å². The van der Waals surface area contributed by atoms with E-state index in [2.05, 4.69) is 16.0 Å². The van der Waals surface area contributed by atoms with Crippen molar-refractivity contribution in [2.45, 2.75) is 32.1 Å². The third kappa shape index (κ3) is 6.57. The summed E-state index contributed by atoms with van der Waals surface area (Å²) in [7, 11) is 1.62. The van der Waals surface area contributed by atoms with E-state index >= 15 is 0 Å². The average Bonchev–Trinajstić information content (AvgIpc) is 3.35. The van der Waals surface area contributed by atoms with Crippen molar-refractivity contribution in [2.75, 3.05) is 20.3 Å². The van der Waals surface area contributed by atoms with Gasteiger partial charge in [0.15, 0.2) is 0 Å². The summed E-state index contributed by atoms with van der Waals surface area (Å²) in [6.45, 7) is 0.339. The number of rotatable bonds is 11. The van der Waals surface area contributed by atoms with E-state index in [1.54, 1.807) is 13.2 Å². The highest BCUT2D eigenvalue weighted by molar-refractivity contribution is 5.95. The van der Waals surface area contributed by atoms with E-state index in [1.807, 2.05) is 42.5 Å². The zero-order chi connectivity index (χ0) is 22.8. The van der Waals surface area contributed by atoms with Crippen molar-refractivity contribution in [3.8, 4) is 16.9 Å². The lowest BCUT2D eigenvalue weighted by Crippen LogP contribution is -2.43. The van der Waals surface area contributed by atoms with Gasteiger partial charge < -0.3 is 20.7 Å². The summed E-state index contributed by atoms with van der Waals surface area (Å²) in [4.78, 5) is 35.9. The number of nitrogens with one attached hydrogen (secondary N) is 3. The summed E-state index contributed by atoms with van der Waals surface area (Å²) >= 11 is 0. The first kappa shape index (κ1) is 23.3. The predicted octanol–water partition coefficient (Wildman–Crippen LogP) is 3.11. The molecule has 0 bridgehead atoms. The lowest BCUT2D eigenvalue weighted by Gasteiger charge is -2.20. The molecule has 170 valence electrons. The first-order valence-corrected chi connectivity index (χ1v) is 11.1. The summed E-state index contributed by atoms with van der Waals surface area (Å²) < 4.78 is 5.27. The van der Waals surface area contributed by atoms with Crippen molar-refractivity contribution in [1.82, 2.24) is 16.0 Å². The lowest BCUT2D eigenvalue weighted by molar-refractivity contribution is -0.125. The van der Waals surface area contributed by atoms with Gasteiger partial charge in [-0.15, -0.1) is 0 Å². The predicted molar refractivity (Wildman–Crippen MR) is 123 cm³/mol. The number of hydrogen-bond donors (Lipinski definition) is 3. The second-order valence-corrected chi connectivity index (χ2v) is 8.15. The van der Waals surface area contributed by atoms with Crippen molar-refractivity contribution in [2.24, 2.45) is 11.8 Å². The normalized spacial score (nSPS) is 14.4. The first-order valence-electron chi connectivity index (χ1n) is 11.1. The van der Waals surface area contributed by atoms with Gasteiger partial charge in [-0.2, -0.15) is 0 Å². The van der Waals surface area contributed by atoms with Crippen molar-refractivity contribution >= 4 is 18.2 Å². The Balaban J connectivity index is 1.55. The van der Waals surface area contributed by atoms with Gasteiger partial charge in [0.1, 0.15) is 5.75 Å². The third-order valence-corrected chi connectivity index (χ3v) is 5.95. The summed E-state index contributed by atoms with van der Waals surface area (Å²) in [5.41, 5.74) is 2.35. The molecule has 3 amide bonds. The fourth-order valence-corrected chi connectivity index (χ4v) is 4.22. The topological polar surface area (TPSA) is 96.5 Å². The van der Waals surface area contributed by atoms with E-state index in [-0.39, 0.29) is 24.4 Å². The fourth-order valence-electron chi connectivity index (χ4n) is 4.22. The molecule has 7 heteroatoms. The van der Waals surface area contributed by atoms with Gasteiger partial charge in [0.05, 0.1) is 19.7 Å². The Morgan fingerprint density at radius 2 is 1.78 bits per heavy atom. The summed E-state index contributed by atoms with van der Waals surface area (Å²) in [6, 6.07) is 14.9. The largest absolute Gasteiger partial charge is 0.497 e. The monoisotopic (exact) mass is 437 g/mol. The van der Waals surface area contributed by atoms with Gasteiger partial charge in [-0.3, -0.25) is 14.4 Å². The van der Waals surface area contributed by atoms with Crippen molar-refractivity contribution in [1.29, 1.82) is 0 Å². The van der Waals surface area contributed by atoms with Crippen LogP contribution in [0.2, 0.25) is 0 Å². The number of carbonyl (C=O) groups excluding carboxylic acids is 3. The number of carbonyl (C=O) groups is 3. The maximum Gasteiger partial charge on any atom is 0.252 e. The molecule has 0 spiro atoms. The number of benzene rings is 2. The number of amides is 3. The molecule has 2 aromatic carbocycles. The summed E-state index contributed by atoms with van der Waals surface area (Å²) in [6.07, 6.45) is 6.03. The Hall–Kier alpha value is -3.35. The van der Waals surface area contributed by atoms with E-state index in [9.17, 15) is 14.4 Å². The SMILES string of the molecule is COc1cccc(-c2cccc(C(=O)NCNC(=O)[C@@H](CNC=O)CC3CCCC3)c2)c1. The molecule has 0 heterocycles. The van der Waals surface area contributed by atoms with Crippen LogP contribution in [-0.2, 0) is 9.59 Å². The molecule has 1 aliphatic carbocycles. The highest BCUT2D eigenvalue weighted by Crippen LogP contribution is 2.30. The lowest BCUT2D eigenvalue weighted by atomic mass is 9.92. The number of methoxy groups -OCH3 is 1. The van der Waals surface area contributed by atoms with Crippen molar-refractivity contribution in [3.05, 3.63) is 54.1 Å². The molecule has 1 saturated carbocycles. The molecular weight excluding hydrogens is 406 g/mol. The molecule has 0 saturated heterocycles. The van der Waals surface area contributed by atoms with E-state index in [1.165, 1.54) is 12.8 Å². The molecule has 2 aromatic rings. The van der Waals surface area contributed by atoms with Gasteiger partial charge in [-0.05, 0) is 47.7 Å². The van der Waals surface area contributed by atoms with Crippen molar-refractivity contribution in [3.63, 3.8) is 0 Å². The van der Waals surface area contributed by atoms with Gasteiger partial charge >= 0.3 is 0 Å². The first-order chi connectivity index (χ1) is 15.6. The molecule has 3 rings (SSSR count). The van der Waals surface area contributed by atoms with E-state index in [0.29, 0.717) is 24.4 Å². The van der Waals surface area contributed by atoms with Gasteiger partial charge in [-0.25, -0.2) is 0 Å². The van der Waals surface area contributed by atoms with Gasteiger partial charge in [0, 0.05) is 12.1 Å². The molecule has 1 atom stereocenters. The van der Waals surface area contributed by atoms with Gasteiger partial charge in [0.2, 0.25) is 12.3 Å². The van der Waals surface area contributed by atoms with E-state index in [0.717, 1.165) is 36.1 Å². The number of hydrogen-bond acceptors (Lipinski definition) is 4. The minimum absolute atomic E-state index is 0.0311. The standard InChI is InChI=1S/C25H31N3O4/c1-32-23-11-5-9-20(14-23)19-8-4-10-21(13-19)24(30)27-16-28-25(31)22(15-26-17-29)12-18-6-2-3-7-18/h4-5,8-11,13-14,17-18,22H,2-3,6-7,12,15-16H2,1H3,(H,26,29)(H,27,30)(H,28,31)/t22-/m1/s1. The maximum atomic E-state index is 12.6.